The molecule has 0 fully saturated rings. The molecule has 2 aromatic carbocycles. The summed E-state index contributed by atoms with van der Waals surface area (Å²) in [7, 11) is 0. The van der Waals surface area contributed by atoms with E-state index in [9.17, 15) is 9.59 Å². The monoisotopic (exact) mass is 354 g/mol. The molecule has 0 unspecified atom stereocenters. The summed E-state index contributed by atoms with van der Waals surface area (Å²) >= 11 is 0. The minimum Gasteiger partial charge on any atom is -0.484 e. The molecular weight excluding hydrogens is 328 g/mol. The standard InChI is InChI=1S/C21H26N2O3/c1-5-20(24)23-17-7-6-8-18(12-17)26-13-21(25)22-16(4)19-10-9-14(2)11-15(19)3/h6-12,16H,5,13H2,1-4H3,(H,22,25)(H,23,24)/t16-/m0/s1. The Hall–Kier alpha value is -2.82. The maximum Gasteiger partial charge on any atom is 0.258 e. The fraction of sp³-hybridized carbons (Fsp3) is 0.333. The van der Waals surface area contributed by atoms with Crippen LogP contribution in [0.4, 0.5) is 5.69 Å². The highest BCUT2D eigenvalue weighted by Crippen LogP contribution is 2.19. The number of carbonyl (C=O) groups excluding carboxylic acids is 2. The second kappa shape index (κ2) is 9.04. The number of hydrogen-bond donors (Lipinski definition) is 2. The van der Waals surface area contributed by atoms with Crippen molar-refractivity contribution in [3.63, 3.8) is 0 Å². The molecule has 5 nitrogen and oxygen atoms in total. The van der Waals surface area contributed by atoms with Crippen molar-refractivity contribution >= 4 is 17.5 Å². The van der Waals surface area contributed by atoms with Gasteiger partial charge in [0.2, 0.25) is 5.91 Å². The van der Waals surface area contributed by atoms with E-state index in [4.69, 9.17) is 4.74 Å². The van der Waals surface area contributed by atoms with E-state index >= 15 is 0 Å². The van der Waals surface area contributed by atoms with Crippen LogP contribution in [-0.4, -0.2) is 18.4 Å². The van der Waals surface area contributed by atoms with Crippen molar-refractivity contribution in [2.24, 2.45) is 0 Å². The quantitative estimate of drug-likeness (QED) is 0.792. The molecule has 0 aliphatic carbocycles. The highest BCUT2D eigenvalue weighted by Gasteiger charge is 2.12. The molecule has 0 heterocycles. The number of carbonyl (C=O) groups is 2. The van der Waals surface area contributed by atoms with Gasteiger partial charge in [-0.05, 0) is 44.0 Å². The Morgan fingerprint density at radius 2 is 1.85 bits per heavy atom. The van der Waals surface area contributed by atoms with E-state index in [0.717, 1.165) is 11.1 Å². The van der Waals surface area contributed by atoms with Crippen LogP contribution < -0.4 is 15.4 Å². The van der Waals surface area contributed by atoms with Crippen molar-refractivity contribution in [2.75, 3.05) is 11.9 Å². The minimum atomic E-state index is -0.194. The fourth-order valence-corrected chi connectivity index (χ4v) is 2.73. The number of anilines is 1. The second-order valence-corrected chi connectivity index (χ2v) is 6.37. The average Bonchev–Trinajstić information content (AvgIpc) is 2.60. The summed E-state index contributed by atoms with van der Waals surface area (Å²) in [5, 5.41) is 5.71. The van der Waals surface area contributed by atoms with Gasteiger partial charge in [-0.25, -0.2) is 0 Å². The Kier molecular flexibility index (Phi) is 6.78. The van der Waals surface area contributed by atoms with Crippen LogP contribution >= 0.6 is 0 Å². The SMILES string of the molecule is CCC(=O)Nc1cccc(OCC(=O)N[C@@H](C)c2ccc(C)cc2C)c1. The predicted octanol–water partition coefficient (Wildman–Crippen LogP) is 3.91. The Labute approximate surface area is 154 Å². The summed E-state index contributed by atoms with van der Waals surface area (Å²) in [5.74, 6) is 0.274. The zero-order valence-electron chi connectivity index (χ0n) is 15.8. The number of benzene rings is 2. The summed E-state index contributed by atoms with van der Waals surface area (Å²) in [6.07, 6.45) is 0.407. The van der Waals surface area contributed by atoms with E-state index in [1.165, 1.54) is 5.56 Å². The van der Waals surface area contributed by atoms with Gasteiger partial charge in [0.25, 0.3) is 5.91 Å². The molecule has 2 amide bonds. The van der Waals surface area contributed by atoms with Gasteiger partial charge >= 0.3 is 0 Å². The van der Waals surface area contributed by atoms with Crippen LogP contribution in [0.15, 0.2) is 42.5 Å². The lowest BCUT2D eigenvalue weighted by molar-refractivity contribution is -0.123. The molecule has 1 atom stereocenters. The Morgan fingerprint density at radius 1 is 1.08 bits per heavy atom. The van der Waals surface area contributed by atoms with E-state index in [1.807, 2.05) is 32.9 Å². The second-order valence-electron chi connectivity index (χ2n) is 6.37. The van der Waals surface area contributed by atoms with Crippen LogP contribution in [-0.2, 0) is 9.59 Å². The van der Waals surface area contributed by atoms with Crippen LogP contribution in [0.3, 0.4) is 0 Å². The van der Waals surface area contributed by atoms with Gasteiger partial charge in [-0.15, -0.1) is 0 Å². The molecule has 0 saturated heterocycles. The number of nitrogens with one attached hydrogen (secondary N) is 2. The van der Waals surface area contributed by atoms with Crippen LogP contribution in [0.25, 0.3) is 0 Å². The largest absolute Gasteiger partial charge is 0.484 e. The van der Waals surface area contributed by atoms with Crippen LogP contribution in [0, 0.1) is 13.8 Å². The summed E-state index contributed by atoms with van der Waals surface area (Å²) in [6.45, 7) is 7.75. The molecule has 0 saturated carbocycles. The lowest BCUT2D eigenvalue weighted by Crippen LogP contribution is -2.31. The molecule has 2 rings (SSSR count). The number of rotatable bonds is 7. The van der Waals surface area contributed by atoms with Crippen molar-refractivity contribution in [3.05, 3.63) is 59.2 Å². The third kappa shape index (κ3) is 5.62. The molecule has 0 bridgehead atoms. The maximum atomic E-state index is 12.2. The lowest BCUT2D eigenvalue weighted by Gasteiger charge is -2.17. The zero-order chi connectivity index (χ0) is 19.1. The van der Waals surface area contributed by atoms with E-state index in [2.05, 4.69) is 16.7 Å². The fourth-order valence-electron chi connectivity index (χ4n) is 2.73. The predicted molar refractivity (Wildman–Crippen MR) is 103 cm³/mol. The molecule has 0 aromatic heterocycles. The van der Waals surface area contributed by atoms with E-state index in [1.54, 1.807) is 31.2 Å². The third-order valence-electron chi connectivity index (χ3n) is 4.08. The first-order valence-corrected chi connectivity index (χ1v) is 8.78. The van der Waals surface area contributed by atoms with Crippen molar-refractivity contribution in [2.45, 2.75) is 40.2 Å². The van der Waals surface area contributed by atoms with E-state index in [-0.39, 0.29) is 24.5 Å². The van der Waals surface area contributed by atoms with Crippen molar-refractivity contribution in [3.8, 4) is 5.75 Å². The van der Waals surface area contributed by atoms with Crippen molar-refractivity contribution < 1.29 is 14.3 Å². The zero-order valence-corrected chi connectivity index (χ0v) is 15.8. The molecule has 0 aliphatic rings. The molecular formula is C21H26N2O3. The van der Waals surface area contributed by atoms with Crippen LogP contribution in [0.2, 0.25) is 0 Å². The third-order valence-corrected chi connectivity index (χ3v) is 4.08. The molecule has 5 heteroatoms. The van der Waals surface area contributed by atoms with Gasteiger partial charge in [-0.3, -0.25) is 9.59 Å². The summed E-state index contributed by atoms with van der Waals surface area (Å²) in [4.78, 5) is 23.6. The van der Waals surface area contributed by atoms with Gasteiger partial charge < -0.3 is 15.4 Å². The average molecular weight is 354 g/mol. The number of aryl methyl sites for hydroxylation is 2. The first-order valence-electron chi connectivity index (χ1n) is 8.78. The lowest BCUT2D eigenvalue weighted by atomic mass is 10.0. The van der Waals surface area contributed by atoms with Gasteiger partial charge in [0.15, 0.2) is 6.61 Å². The molecule has 0 aliphatic heterocycles. The molecule has 26 heavy (non-hydrogen) atoms. The summed E-state index contributed by atoms with van der Waals surface area (Å²) in [6, 6.07) is 13.1. The number of amides is 2. The number of hydrogen-bond acceptors (Lipinski definition) is 3. The van der Waals surface area contributed by atoms with Gasteiger partial charge in [0, 0.05) is 18.2 Å². The Balaban J connectivity index is 1.90. The first kappa shape index (κ1) is 19.5. The van der Waals surface area contributed by atoms with Gasteiger partial charge in [0.1, 0.15) is 5.75 Å². The Morgan fingerprint density at radius 3 is 2.54 bits per heavy atom. The van der Waals surface area contributed by atoms with Crippen LogP contribution in [0.5, 0.6) is 5.75 Å². The van der Waals surface area contributed by atoms with Gasteiger partial charge in [-0.2, -0.15) is 0 Å². The van der Waals surface area contributed by atoms with Crippen molar-refractivity contribution in [1.29, 1.82) is 0 Å². The molecule has 2 aromatic rings. The normalized spacial score (nSPS) is 11.5. The topological polar surface area (TPSA) is 67.4 Å². The molecule has 138 valence electrons. The maximum absolute atomic E-state index is 12.2. The van der Waals surface area contributed by atoms with Gasteiger partial charge in [0.05, 0.1) is 6.04 Å². The summed E-state index contributed by atoms with van der Waals surface area (Å²) < 4.78 is 5.55. The number of ether oxygens (including phenoxy) is 1. The first-order chi connectivity index (χ1) is 12.4. The van der Waals surface area contributed by atoms with Crippen LogP contribution in [0.1, 0.15) is 43.0 Å². The van der Waals surface area contributed by atoms with Gasteiger partial charge in [-0.1, -0.05) is 36.8 Å². The Bertz CT molecular complexity index is 787. The van der Waals surface area contributed by atoms with Crippen molar-refractivity contribution in [1.82, 2.24) is 5.32 Å². The van der Waals surface area contributed by atoms with E-state index in [0.29, 0.717) is 17.9 Å². The highest BCUT2D eigenvalue weighted by molar-refractivity contribution is 5.90. The molecule has 0 spiro atoms. The summed E-state index contributed by atoms with van der Waals surface area (Å²) in [5.41, 5.74) is 4.09. The smallest absolute Gasteiger partial charge is 0.258 e. The molecule has 2 N–H and O–H groups in total. The van der Waals surface area contributed by atoms with E-state index < -0.39 is 0 Å². The molecule has 0 radical (unpaired) electrons. The highest BCUT2D eigenvalue weighted by atomic mass is 16.5. The minimum absolute atomic E-state index is 0.0674.